The summed E-state index contributed by atoms with van der Waals surface area (Å²) in [5.74, 6) is 0.418. The first-order valence-electron chi connectivity index (χ1n) is 13.4. The quantitative estimate of drug-likeness (QED) is 0.167. The van der Waals surface area contributed by atoms with E-state index in [-0.39, 0.29) is 11.4 Å². The van der Waals surface area contributed by atoms with Crippen molar-refractivity contribution in [3.05, 3.63) is 93.9 Å². The Balaban J connectivity index is 1.27. The van der Waals surface area contributed by atoms with Crippen molar-refractivity contribution in [2.75, 3.05) is 11.1 Å². The van der Waals surface area contributed by atoms with Gasteiger partial charge < -0.3 is 19.1 Å². The molecule has 1 atom stereocenters. The summed E-state index contributed by atoms with van der Waals surface area (Å²) in [6.07, 6.45) is -1.73. The number of carbonyl (C=O) groups is 1. The molecule has 0 aliphatic heterocycles. The third-order valence-corrected chi connectivity index (χ3v) is 9.29. The van der Waals surface area contributed by atoms with Gasteiger partial charge in [0.1, 0.15) is 17.1 Å². The van der Waals surface area contributed by atoms with Crippen LogP contribution in [0.1, 0.15) is 20.8 Å². The second-order valence-electron chi connectivity index (χ2n) is 11.1. The highest BCUT2D eigenvalue weighted by Gasteiger charge is 2.22. The van der Waals surface area contributed by atoms with Crippen molar-refractivity contribution in [3.8, 4) is 11.5 Å². The number of carbonyl (C=O) groups excluding carboxylic acids is 1. The molecule has 11 heteroatoms. The summed E-state index contributed by atoms with van der Waals surface area (Å²) in [4.78, 5) is 12.2. The van der Waals surface area contributed by atoms with Crippen LogP contribution in [0.3, 0.4) is 0 Å². The van der Waals surface area contributed by atoms with Crippen LogP contribution in [0, 0.1) is 0 Å². The number of hydrogen-bond acceptors (Lipinski definition) is 6. The first-order valence-corrected chi connectivity index (χ1v) is 16.7. The summed E-state index contributed by atoms with van der Waals surface area (Å²) >= 11 is 7.06. The number of ether oxygens (including phenoxy) is 2. The van der Waals surface area contributed by atoms with Crippen LogP contribution in [0.25, 0.3) is 21.8 Å². The predicted octanol–water partition coefficient (Wildman–Crippen LogP) is 8.29. The van der Waals surface area contributed by atoms with Gasteiger partial charge >= 0.3 is 6.09 Å². The highest BCUT2D eigenvalue weighted by atomic mass is 79.9. The molecule has 0 aliphatic carbocycles. The first kappa shape index (κ1) is 31.1. The van der Waals surface area contributed by atoms with Crippen LogP contribution in [0.4, 0.5) is 10.5 Å². The fraction of sp³-hybridized carbons (Fsp3) is 0.219. The van der Waals surface area contributed by atoms with Gasteiger partial charge in [0.15, 0.2) is 9.84 Å². The van der Waals surface area contributed by atoms with Gasteiger partial charge in [-0.1, -0.05) is 37.9 Å². The van der Waals surface area contributed by atoms with E-state index in [0.717, 1.165) is 30.8 Å². The van der Waals surface area contributed by atoms with E-state index in [1.807, 2.05) is 41.0 Å². The number of halogens is 2. The van der Waals surface area contributed by atoms with E-state index in [4.69, 9.17) is 9.47 Å². The van der Waals surface area contributed by atoms with Gasteiger partial charge in [0.05, 0.1) is 23.3 Å². The molecule has 2 N–H and O–H groups in total. The number of benzene rings is 4. The zero-order valence-corrected chi connectivity index (χ0v) is 27.7. The summed E-state index contributed by atoms with van der Waals surface area (Å²) < 4.78 is 41.4. The molecule has 0 saturated carbocycles. The van der Waals surface area contributed by atoms with Crippen molar-refractivity contribution in [1.29, 1.82) is 0 Å². The smallest absolute Gasteiger partial charge is 0.412 e. The maximum absolute atomic E-state index is 13.2. The minimum atomic E-state index is -3.80. The maximum atomic E-state index is 13.2. The zero-order chi connectivity index (χ0) is 30.9. The maximum Gasteiger partial charge on any atom is 0.412 e. The molecule has 0 fully saturated rings. The van der Waals surface area contributed by atoms with Gasteiger partial charge in [-0.15, -0.1) is 0 Å². The molecule has 4 aromatic carbocycles. The molecule has 1 unspecified atom stereocenters. The molecule has 0 saturated heterocycles. The number of nitrogens with zero attached hydrogens (tertiary/aromatic N) is 1. The fourth-order valence-corrected chi connectivity index (χ4v) is 6.85. The molecule has 0 spiro atoms. The van der Waals surface area contributed by atoms with Crippen molar-refractivity contribution in [2.24, 2.45) is 0 Å². The minimum Gasteiger partial charge on any atom is -0.457 e. The van der Waals surface area contributed by atoms with E-state index in [9.17, 15) is 18.3 Å². The lowest BCUT2D eigenvalue weighted by molar-refractivity contribution is 0.0636. The van der Waals surface area contributed by atoms with Crippen LogP contribution in [0.15, 0.2) is 98.8 Å². The van der Waals surface area contributed by atoms with Crippen LogP contribution in [0.5, 0.6) is 11.5 Å². The largest absolute Gasteiger partial charge is 0.457 e. The molecule has 1 aromatic heterocycles. The number of sulfone groups is 1. The molecular weight excluding hydrogens is 700 g/mol. The van der Waals surface area contributed by atoms with Gasteiger partial charge in [-0.3, -0.25) is 5.32 Å². The fourth-order valence-electron chi connectivity index (χ4n) is 4.77. The number of rotatable bonds is 8. The molecule has 5 rings (SSSR count). The van der Waals surface area contributed by atoms with Crippen LogP contribution < -0.4 is 10.1 Å². The van der Waals surface area contributed by atoms with Gasteiger partial charge in [-0.25, -0.2) is 13.2 Å². The number of fused-ring (bicyclic) bond motifs is 3. The lowest BCUT2D eigenvalue weighted by Gasteiger charge is -2.19. The van der Waals surface area contributed by atoms with E-state index >= 15 is 0 Å². The highest BCUT2D eigenvalue weighted by molar-refractivity contribution is 9.10. The molecule has 1 heterocycles. The monoisotopic (exact) mass is 728 g/mol. The molecule has 5 aromatic rings. The van der Waals surface area contributed by atoms with Crippen molar-refractivity contribution < 1.29 is 27.8 Å². The first-order chi connectivity index (χ1) is 20.3. The SMILES string of the molecule is CC(C)(C)OC(=O)Nc1cccc(Oc2ccc(S(=O)(=O)CC(O)Cn3c4ccc(Br)cc4c4cc(Br)ccc43)cc2)c1. The highest BCUT2D eigenvalue weighted by Crippen LogP contribution is 2.33. The second-order valence-corrected chi connectivity index (χ2v) is 15.0. The van der Waals surface area contributed by atoms with E-state index in [2.05, 4.69) is 37.2 Å². The third kappa shape index (κ3) is 7.59. The average Bonchev–Trinajstić information content (AvgIpc) is 3.19. The molecule has 0 radical (unpaired) electrons. The molecule has 43 heavy (non-hydrogen) atoms. The minimum absolute atomic E-state index is 0.0781. The number of amides is 1. The van der Waals surface area contributed by atoms with E-state index in [1.165, 1.54) is 12.1 Å². The van der Waals surface area contributed by atoms with Crippen molar-refractivity contribution in [3.63, 3.8) is 0 Å². The molecular formula is C32H30Br2N2O6S. The Morgan fingerprint density at radius 2 is 1.49 bits per heavy atom. The molecule has 0 bridgehead atoms. The Labute approximate surface area is 266 Å². The number of aliphatic hydroxyl groups excluding tert-OH is 1. The normalized spacial score (nSPS) is 12.8. The molecule has 0 aliphatic rings. The van der Waals surface area contributed by atoms with Crippen LogP contribution >= 0.6 is 31.9 Å². The van der Waals surface area contributed by atoms with Crippen LogP contribution in [0.2, 0.25) is 0 Å². The number of aromatic nitrogens is 1. The molecule has 224 valence electrons. The van der Waals surface area contributed by atoms with Crippen molar-refractivity contribution >= 4 is 75.3 Å². The van der Waals surface area contributed by atoms with Gasteiger partial charge in [0, 0.05) is 42.5 Å². The van der Waals surface area contributed by atoms with Gasteiger partial charge in [0.25, 0.3) is 0 Å². The summed E-state index contributed by atoms with van der Waals surface area (Å²) in [5.41, 5.74) is 1.67. The lowest BCUT2D eigenvalue weighted by atomic mass is 10.2. The summed E-state index contributed by atoms with van der Waals surface area (Å²) in [7, 11) is -3.80. The third-order valence-electron chi connectivity index (χ3n) is 6.49. The van der Waals surface area contributed by atoms with Crippen molar-refractivity contribution in [2.45, 2.75) is 43.9 Å². The summed E-state index contributed by atoms with van der Waals surface area (Å²) in [6.45, 7) is 5.44. The lowest BCUT2D eigenvalue weighted by Crippen LogP contribution is -2.27. The standard InChI is InChI=1S/C32H30Br2N2O6S/c1-32(2,3)42-31(38)35-22-5-4-6-25(17-22)41-24-9-11-26(12-10-24)43(39,40)19-23(37)18-36-29-13-7-20(33)15-27(29)28-16-21(34)8-14-30(28)36/h4-17,23,37H,18-19H2,1-3H3,(H,35,38). The van der Waals surface area contributed by atoms with E-state index in [0.29, 0.717) is 17.2 Å². The topological polar surface area (TPSA) is 107 Å². The average molecular weight is 730 g/mol. The van der Waals surface area contributed by atoms with E-state index in [1.54, 1.807) is 57.2 Å². The zero-order valence-electron chi connectivity index (χ0n) is 23.7. The van der Waals surface area contributed by atoms with Crippen LogP contribution in [-0.2, 0) is 21.1 Å². The van der Waals surface area contributed by atoms with Gasteiger partial charge in [-0.2, -0.15) is 0 Å². The van der Waals surface area contributed by atoms with E-state index < -0.39 is 33.4 Å². The summed E-state index contributed by atoms with van der Waals surface area (Å²) in [5, 5.41) is 15.6. The molecule has 1 amide bonds. The van der Waals surface area contributed by atoms with Gasteiger partial charge in [-0.05, 0) is 93.6 Å². The second kappa shape index (κ2) is 12.3. The number of nitrogens with one attached hydrogen (secondary N) is 1. The Bertz CT molecular complexity index is 1860. The number of anilines is 1. The Kier molecular flexibility index (Phi) is 8.89. The Hall–Kier alpha value is -3.38. The predicted molar refractivity (Wildman–Crippen MR) is 176 cm³/mol. The Morgan fingerprint density at radius 3 is 2.07 bits per heavy atom. The van der Waals surface area contributed by atoms with Gasteiger partial charge in [0.2, 0.25) is 0 Å². The Morgan fingerprint density at radius 1 is 0.884 bits per heavy atom. The van der Waals surface area contributed by atoms with Crippen molar-refractivity contribution in [1.82, 2.24) is 4.57 Å². The van der Waals surface area contributed by atoms with Crippen LogP contribution in [-0.4, -0.2) is 41.6 Å². The summed E-state index contributed by atoms with van der Waals surface area (Å²) in [6, 6.07) is 24.6. The number of aliphatic hydroxyl groups is 1. The molecule has 8 nitrogen and oxygen atoms in total. The number of hydrogen-bond donors (Lipinski definition) is 2.